The Labute approximate surface area is 108 Å². The molecule has 0 atom stereocenters. The molecule has 1 rings (SSSR count). The van der Waals surface area contributed by atoms with Crippen LogP contribution in [0.3, 0.4) is 0 Å². The number of unbranched alkanes of at least 4 members (excludes halogenated alkanes) is 1. The fraction of sp³-hybridized carbons (Fsp3) is 0.462. The van der Waals surface area contributed by atoms with E-state index in [1.165, 1.54) is 0 Å². The predicted octanol–water partition coefficient (Wildman–Crippen LogP) is 3.70. The highest BCUT2D eigenvalue weighted by molar-refractivity contribution is 5.96. The Morgan fingerprint density at radius 1 is 1.28 bits per heavy atom. The maximum absolute atomic E-state index is 12.4. The number of rotatable bonds is 6. The molecule has 0 saturated heterocycles. The molecule has 0 spiro atoms. The van der Waals surface area contributed by atoms with Gasteiger partial charge in [-0.2, -0.15) is 13.2 Å². The molecule has 0 heterocycles. The standard InChI is InChI=1S/C13H15F3O2/c1-18-9-3-2-4-12(17)10-5-7-11(8-6-10)13(14,15)16/h5-8H,2-4,9H2,1H3/i1D3. The molecule has 100 valence electrons. The van der Waals surface area contributed by atoms with Crippen LogP contribution in [0.1, 0.15) is 39.3 Å². The summed E-state index contributed by atoms with van der Waals surface area (Å²) in [5, 5.41) is 0. The zero-order valence-electron chi connectivity index (χ0n) is 12.6. The van der Waals surface area contributed by atoms with Gasteiger partial charge in [0.05, 0.1) is 9.68 Å². The number of ketones is 1. The average Bonchev–Trinajstić information content (AvgIpc) is 2.36. The van der Waals surface area contributed by atoms with E-state index in [2.05, 4.69) is 4.74 Å². The summed E-state index contributed by atoms with van der Waals surface area (Å²) >= 11 is 0. The number of ether oxygens (including phenoxy) is 1. The van der Waals surface area contributed by atoms with Gasteiger partial charge in [-0.15, -0.1) is 0 Å². The Balaban J connectivity index is 2.39. The van der Waals surface area contributed by atoms with E-state index in [1.807, 2.05) is 0 Å². The first kappa shape index (κ1) is 10.6. The second-order valence-electron chi connectivity index (χ2n) is 3.80. The van der Waals surface area contributed by atoms with Crippen LogP contribution in [0.25, 0.3) is 0 Å². The SMILES string of the molecule is [2H]C([2H])([2H])OCCCCC(=O)c1ccc(C(F)(F)F)cc1. The third kappa shape index (κ3) is 4.49. The number of benzene rings is 1. The van der Waals surface area contributed by atoms with Gasteiger partial charge in [0.25, 0.3) is 0 Å². The highest BCUT2D eigenvalue weighted by atomic mass is 19.4. The van der Waals surface area contributed by atoms with E-state index in [-0.39, 0.29) is 24.4 Å². The molecule has 0 saturated carbocycles. The van der Waals surface area contributed by atoms with E-state index < -0.39 is 18.8 Å². The largest absolute Gasteiger partial charge is 0.416 e. The number of carbonyl (C=O) groups excluding carboxylic acids is 1. The smallest absolute Gasteiger partial charge is 0.385 e. The van der Waals surface area contributed by atoms with Crippen LogP contribution in [0.5, 0.6) is 0 Å². The van der Waals surface area contributed by atoms with Gasteiger partial charge in [0.2, 0.25) is 0 Å². The first-order valence-corrected chi connectivity index (χ1v) is 5.44. The molecule has 0 radical (unpaired) electrons. The van der Waals surface area contributed by atoms with Gasteiger partial charge in [0, 0.05) is 25.6 Å². The molecular formula is C13H15F3O2. The van der Waals surface area contributed by atoms with Gasteiger partial charge in [0.15, 0.2) is 5.78 Å². The molecule has 0 unspecified atom stereocenters. The number of Topliss-reactive ketones (excluding diaryl/α,β-unsaturated/α-hetero) is 1. The van der Waals surface area contributed by atoms with Crippen molar-refractivity contribution in [3.05, 3.63) is 35.4 Å². The summed E-state index contributed by atoms with van der Waals surface area (Å²) in [6.45, 7) is 0.0107. The lowest BCUT2D eigenvalue weighted by Crippen LogP contribution is -2.06. The zero-order valence-corrected chi connectivity index (χ0v) is 9.59. The van der Waals surface area contributed by atoms with Crippen molar-refractivity contribution in [1.29, 1.82) is 0 Å². The second kappa shape index (κ2) is 6.54. The van der Waals surface area contributed by atoms with Crippen molar-refractivity contribution in [3.63, 3.8) is 0 Å². The molecule has 2 nitrogen and oxygen atoms in total. The van der Waals surface area contributed by atoms with E-state index in [9.17, 15) is 18.0 Å². The number of methoxy groups -OCH3 is 1. The van der Waals surface area contributed by atoms with Crippen LogP contribution in [-0.2, 0) is 10.9 Å². The van der Waals surface area contributed by atoms with Gasteiger partial charge >= 0.3 is 6.18 Å². The van der Waals surface area contributed by atoms with Crippen molar-refractivity contribution >= 4 is 5.78 Å². The summed E-state index contributed by atoms with van der Waals surface area (Å²) in [6, 6.07) is 4.02. The van der Waals surface area contributed by atoms with Crippen LogP contribution >= 0.6 is 0 Å². The summed E-state index contributed by atoms with van der Waals surface area (Å²) in [5.41, 5.74) is -0.593. The lowest BCUT2D eigenvalue weighted by atomic mass is 10.0. The molecule has 0 fully saturated rings. The minimum Gasteiger partial charge on any atom is -0.385 e. The second-order valence-corrected chi connectivity index (χ2v) is 3.80. The third-order valence-corrected chi connectivity index (χ3v) is 2.43. The van der Waals surface area contributed by atoms with Crippen LogP contribution in [0.2, 0.25) is 0 Å². The molecule has 0 aromatic heterocycles. The van der Waals surface area contributed by atoms with E-state index in [4.69, 9.17) is 4.11 Å². The number of hydrogen-bond donors (Lipinski definition) is 0. The highest BCUT2D eigenvalue weighted by Crippen LogP contribution is 2.29. The van der Waals surface area contributed by atoms with Crippen molar-refractivity contribution in [2.75, 3.05) is 13.6 Å². The van der Waals surface area contributed by atoms with Crippen LogP contribution in [0, 0.1) is 0 Å². The minimum absolute atomic E-state index is 0.0107. The highest BCUT2D eigenvalue weighted by Gasteiger charge is 2.30. The molecule has 5 heteroatoms. The van der Waals surface area contributed by atoms with Crippen molar-refractivity contribution in [3.8, 4) is 0 Å². The number of halogens is 3. The maximum atomic E-state index is 12.4. The number of hydrogen-bond acceptors (Lipinski definition) is 2. The van der Waals surface area contributed by atoms with Crippen molar-refractivity contribution < 1.29 is 26.8 Å². The molecule has 0 aliphatic rings. The van der Waals surface area contributed by atoms with E-state index in [0.717, 1.165) is 24.3 Å². The molecule has 0 aliphatic heterocycles. The van der Waals surface area contributed by atoms with Crippen molar-refractivity contribution in [2.45, 2.75) is 25.4 Å². The van der Waals surface area contributed by atoms with E-state index in [1.54, 1.807) is 0 Å². The van der Waals surface area contributed by atoms with Crippen LogP contribution in [0.15, 0.2) is 24.3 Å². The summed E-state index contributed by atoms with van der Waals surface area (Å²) in [6.07, 6.45) is -3.48. The lowest BCUT2D eigenvalue weighted by molar-refractivity contribution is -0.137. The zero-order chi connectivity index (χ0) is 16.1. The Hall–Kier alpha value is -1.36. The summed E-state index contributed by atoms with van der Waals surface area (Å²) < 4.78 is 62.0. The van der Waals surface area contributed by atoms with Crippen LogP contribution in [-0.4, -0.2) is 19.4 Å². The quantitative estimate of drug-likeness (QED) is 0.577. The minimum atomic E-state index is -4.42. The van der Waals surface area contributed by atoms with Crippen LogP contribution in [0.4, 0.5) is 13.2 Å². The maximum Gasteiger partial charge on any atom is 0.416 e. The van der Waals surface area contributed by atoms with Gasteiger partial charge in [-0.3, -0.25) is 4.79 Å². The van der Waals surface area contributed by atoms with Crippen LogP contribution < -0.4 is 0 Å². The molecule has 1 aromatic carbocycles. The fourth-order valence-corrected chi connectivity index (χ4v) is 1.45. The number of carbonyl (C=O) groups is 1. The normalized spacial score (nSPS) is 14.7. The summed E-state index contributed by atoms with van der Waals surface area (Å²) in [4.78, 5) is 11.7. The average molecular weight is 263 g/mol. The van der Waals surface area contributed by atoms with Gasteiger partial charge in [-0.1, -0.05) is 12.1 Å². The molecule has 18 heavy (non-hydrogen) atoms. The molecule has 1 aromatic rings. The Morgan fingerprint density at radius 3 is 2.50 bits per heavy atom. The summed E-state index contributed by atoms with van der Waals surface area (Å²) in [5.74, 6) is -0.280. The monoisotopic (exact) mass is 263 g/mol. The lowest BCUT2D eigenvalue weighted by Gasteiger charge is -2.07. The molecule has 0 amide bonds. The van der Waals surface area contributed by atoms with Gasteiger partial charge in [-0.25, -0.2) is 0 Å². The third-order valence-electron chi connectivity index (χ3n) is 2.43. The van der Waals surface area contributed by atoms with E-state index in [0.29, 0.717) is 12.8 Å². The number of alkyl halides is 3. The molecule has 0 aliphatic carbocycles. The predicted molar refractivity (Wildman–Crippen MR) is 61.5 cm³/mol. The van der Waals surface area contributed by atoms with Gasteiger partial charge < -0.3 is 4.74 Å². The summed E-state index contributed by atoms with van der Waals surface area (Å²) in [7, 11) is -2.45. The first-order valence-electron chi connectivity index (χ1n) is 6.94. The van der Waals surface area contributed by atoms with Crippen molar-refractivity contribution in [1.82, 2.24) is 0 Å². The van der Waals surface area contributed by atoms with Gasteiger partial charge in [-0.05, 0) is 25.0 Å². The Morgan fingerprint density at radius 2 is 1.94 bits per heavy atom. The fourth-order valence-electron chi connectivity index (χ4n) is 1.45. The molecule has 0 N–H and O–H groups in total. The topological polar surface area (TPSA) is 26.3 Å². The molecular weight excluding hydrogens is 245 g/mol. The Bertz CT molecular complexity index is 467. The van der Waals surface area contributed by atoms with Crippen molar-refractivity contribution in [2.24, 2.45) is 0 Å². The van der Waals surface area contributed by atoms with E-state index >= 15 is 0 Å². The molecule has 0 bridgehead atoms. The first-order chi connectivity index (χ1) is 9.59. The van der Waals surface area contributed by atoms with Gasteiger partial charge in [0.1, 0.15) is 0 Å². The Kier molecular flexibility index (Phi) is 3.83.